The number of aromatic nitrogens is 2. The largest absolute Gasteiger partial charge is 0.354 e. The molecule has 39 heavy (non-hydrogen) atoms. The molecule has 0 unspecified atom stereocenters. The van der Waals surface area contributed by atoms with Gasteiger partial charge in [0.25, 0.3) is 0 Å². The van der Waals surface area contributed by atoms with E-state index in [9.17, 15) is 4.79 Å². The number of halogens is 1. The van der Waals surface area contributed by atoms with Gasteiger partial charge in [0.05, 0.1) is 5.75 Å². The minimum Gasteiger partial charge on any atom is -0.354 e. The zero-order valence-electron chi connectivity index (χ0n) is 22.2. The van der Waals surface area contributed by atoms with Crippen LogP contribution < -0.4 is 4.90 Å². The van der Waals surface area contributed by atoms with Gasteiger partial charge in [0.15, 0.2) is 5.16 Å². The summed E-state index contributed by atoms with van der Waals surface area (Å²) in [5.74, 6) is 1.28. The van der Waals surface area contributed by atoms with E-state index in [-0.39, 0.29) is 5.91 Å². The Morgan fingerprint density at radius 2 is 1.51 bits per heavy atom. The predicted molar refractivity (Wildman–Crippen MR) is 160 cm³/mol. The lowest BCUT2D eigenvalue weighted by Crippen LogP contribution is -2.48. The second-order valence-electron chi connectivity index (χ2n) is 9.86. The van der Waals surface area contributed by atoms with Crippen molar-refractivity contribution in [3.8, 4) is 0 Å². The highest BCUT2D eigenvalue weighted by atomic mass is 35.5. The number of hydrogen-bond donors (Lipinski definition) is 0. The molecule has 1 aromatic heterocycles. The Morgan fingerprint density at radius 3 is 2.23 bits per heavy atom. The first-order chi connectivity index (χ1) is 19.1. The molecule has 3 aromatic rings. The van der Waals surface area contributed by atoms with E-state index in [0.29, 0.717) is 16.1 Å². The maximum absolute atomic E-state index is 12.9. The highest BCUT2D eigenvalue weighted by molar-refractivity contribution is 7.99. The van der Waals surface area contributed by atoms with Crippen molar-refractivity contribution in [3.05, 3.63) is 89.1 Å². The number of anilines is 1. The molecule has 0 saturated carbocycles. The smallest absolute Gasteiger partial charge is 0.233 e. The van der Waals surface area contributed by atoms with Crippen LogP contribution in [0, 0.1) is 0 Å². The van der Waals surface area contributed by atoms with Crippen LogP contribution in [0.3, 0.4) is 0 Å². The van der Waals surface area contributed by atoms with Gasteiger partial charge in [-0.1, -0.05) is 96.2 Å². The van der Waals surface area contributed by atoms with Crippen molar-refractivity contribution < 1.29 is 4.79 Å². The van der Waals surface area contributed by atoms with Gasteiger partial charge in [-0.25, -0.2) is 9.97 Å². The number of carbonyl (C=O) groups is 1. The first kappa shape index (κ1) is 27.6. The van der Waals surface area contributed by atoms with Gasteiger partial charge in [-0.05, 0) is 11.1 Å². The van der Waals surface area contributed by atoms with Gasteiger partial charge < -0.3 is 9.80 Å². The van der Waals surface area contributed by atoms with Crippen LogP contribution in [-0.2, 0) is 11.3 Å². The molecule has 0 aliphatic carbocycles. The molecule has 9 heteroatoms. The fraction of sp³-hybridized carbons (Fsp3) is 0.367. The minimum absolute atomic E-state index is 0.127. The molecule has 0 radical (unpaired) electrons. The Kier molecular flexibility index (Phi) is 9.88. The molecule has 0 N–H and O–H groups in total. The molecule has 0 spiro atoms. The summed E-state index contributed by atoms with van der Waals surface area (Å²) in [5.41, 5.74) is 2.53. The van der Waals surface area contributed by atoms with Gasteiger partial charge in [0, 0.05) is 71.5 Å². The monoisotopic (exact) mass is 562 g/mol. The molecule has 0 atom stereocenters. The van der Waals surface area contributed by atoms with E-state index < -0.39 is 0 Å². The lowest BCUT2D eigenvalue weighted by molar-refractivity contribution is -0.130. The Morgan fingerprint density at radius 1 is 0.846 bits per heavy atom. The van der Waals surface area contributed by atoms with Crippen molar-refractivity contribution in [2.45, 2.75) is 11.7 Å². The fourth-order valence-electron chi connectivity index (χ4n) is 4.89. The van der Waals surface area contributed by atoms with Crippen LogP contribution >= 0.6 is 23.4 Å². The van der Waals surface area contributed by atoms with Gasteiger partial charge >= 0.3 is 0 Å². The highest BCUT2D eigenvalue weighted by Gasteiger charge is 2.22. The number of nitrogens with zero attached hydrogens (tertiary/aromatic N) is 6. The van der Waals surface area contributed by atoms with E-state index in [4.69, 9.17) is 16.6 Å². The molecule has 1 amide bonds. The summed E-state index contributed by atoms with van der Waals surface area (Å²) in [4.78, 5) is 31.1. The van der Waals surface area contributed by atoms with Gasteiger partial charge in [-0.15, -0.1) is 0 Å². The van der Waals surface area contributed by atoms with Crippen molar-refractivity contribution in [1.29, 1.82) is 0 Å². The molecular weight excluding hydrogens is 528 g/mol. The summed E-state index contributed by atoms with van der Waals surface area (Å²) >= 11 is 7.73. The number of hydrogen-bond acceptors (Lipinski definition) is 7. The van der Waals surface area contributed by atoms with Crippen LogP contribution in [-0.4, -0.2) is 95.2 Å². The topological polar surface area (TPSA) is 55.8 Å². The van der Waals surface area contributed by atoms with E-state index in [0.717, 1.165) is 71.3 Å². The molecule has 2 aromatic carbocycles. The Bertz CT molecular complexity index is 1230. The predicted octanol–water partition coefficient (Wildman–Crippen LogP) is 4.40. The van der Waals surface area contributed by atoms with Crippen LogP contribution in [0.15, 0.2) is 78.0 Å². The Balaban J connectivity index is 1.06. The van der Waals surface area contributed by atoms with E-state index in [2.05, 4.69) is 80.4 Å². The summed E-state index contributed by atoms with van der Waals surface area (Å²) in [7, 11) is 0. The summed E-state index contributed by atoms with van der Waals surface area (Å²) in [6.45, 7) is 8.79. The molecule has 5 rings (SSSR count). The summed E-state index contributed by atoms with van der Waals surface area (Å²) in [6, 6.07) is 22.7. The highest BCUT2D eigenvalue weighted by Crippen LogP contribution is 2.23. The molecule has 204 valence electrons. The molecule has 7 nitrogen and oxygen atoms in total. The third kappa shape index (κ3) is 8.29. The van der Waals surface area contributed by atoms with Crippen LogP contribution in [0.5, 0.6) is 0 Å². The molecule has 0 bridgehead atoms. The van der Waals surface area contributed by atoms with E-state index in [1.807, 2.05) is 23.1 Å². The molecular formula is C30H35ClN6OS. The lowest BCUT2D eigenvalue weighted by Gasteiger charge is -2.35. The summed E-state index contributed by atoms with van der Waals surface area (Å²) in [5, 5.41) is 0.972. The second kappa shape index (κ2) is 13.9. The first-order valence-corrected chi connectivity index (χ1v) is 14.9. The Labute approximate surface area is 240 Å². The number of piperazine rings is 2. The SMILES string of the molecule is O=C(CSc1nc(Cl)cc(N2CCN(C/C=C/c3ccccc3)CC2)n1)N1CCN(Cc2ccccc2)CC1. The van der Waals surface area contributed by atoms with E-state index >= 15 is 0 Å². The first-order valence-electron chi connectivity index (χ1n) is 13.5. The van der Waals surface area contributed by atoms with Gasteiger partial charge in [0.2, 0.25) is 5.91 Å². The van der Waals surface area contributed by atoms with Crippen LogP contribution in [0.2, 0.25) is 5.15 Å². The average Bonchev–Trinajstić information content (AvgIpc) is 2.97. The van der Waals surface area contributed by atoms with Gasteiger partial charge in [-0.2, -0.15) is 0 Å². The maximum Gasteiger partial charge on any atom is 0.233 e. The average molecular weight is 563 g/mol. The second-order valence-corrected chi connectivity index (χ2v) is 11.2. The van der Waals surface area contributed by atoms with Crippen molar-refractivity contribution in [1.82, 2.24) is 24.7 Å². The van der Waals surface area contributed by atoms with Gasteiger partial charge in [-0.3, -0.25) is 14.6 Å². The number of amides is 1. The molecule has 2 saturated heterocycles. The van der Waals surface area contributed by atoms with Crippen molar-refractivity contribution in [2.75, 3.05) is 69.6 Å². The summed E-state index contributed by atoms with van der Waals surface area (Å²) < 4.78 is 0. The number of rotatable bonds is 9. The number of benzene rings is 2. The summed E-state index contributed by atoms with van der Waals surface area (Å²) in [6.07, 6.45) is 4.40. The zero-order valence-corrected chi connectivity index (χ0v) is 23.7. The molecule has 3 heterocycles. The van der Waals surface area contributed by atoms with E-state index in [1.165, 1.54) is 22.9 Å². The zero-order chi connectivity index (χ0) is 26.9. The third-order valence-electron chi connectivity index (χ3n) is 7.13. The standard InChI is InChI=1S/C30H35ClN6OS/c31-27-22-28(36-18-14-34(15-19-36)13-7-12-25-8-3-1-4-9-25)33-30(32-27)39-24-29(38)37-20-16-35(17-21-37)23-26-10-5-2-6-11-26/h1-12,22H,13-21,23-24H2/b12-7+. The van der Waals surface area contributed by atoms with E-state index in [1.54, 1.807) is 0 Å². The molecule has 2 aliphatic heterocycles. The fourth-order valence-corrected chi connectivity index (χ4v) is 5.87. The third-order valence-corrected chi connectivity index (χ3v) is 8.16. The van der Waals surface area contributed by atoms with Crippen LogP contribution in [0.1, 0.15) is 11.1 Å². The van der Waals surface area contributed by atoms with Crippen molar-refractivity contribution in [2.24, 2.45) is 0 Å². The lowest BCUT2D eigenvalue weighted by atomic mass is 10.2. The van der Waals surface area contributed by atoms with Crippen molar-refractivity contribution in [3.63, 3.8) is 0 Å². The van der Waals surface area contributed by atoms with Crippen molar-refractivity contribution >= 4 is 41.2 Å². The molecule has 2 aliphatic rings. The quantitative estimate of drug-likeness (QED) is 0.218. The minimum atomic E-state index is 0.127. The van der Waals surface area contributed by atoms with Crippen LogP contribution in [0.4, 0.5) is 5.82 Å². The van der Waals surface area contributed by atoms with Gasteiger partial charge in [0.1, 0.15) is 11.0 Å². The number of thioether (sulfide) groups is 1. The normalized spacial score (nSPS) is 17.2. The number of carbonyl (C=O) groups excluding carboxylic acids is 1. The Hall–Kier alpha value is -2.91. The molecule has 2 fully saturated rings. The van der Waals surface area contributed by atoms with Crippen LogP contribution in [0.25, 0.3) is 6.08 Å². The maximum atomic E-state index is 12.9.